The molecule has 0 aliphatic carbocycles. The number of carbonyl (C=O) groups excluding carboxylic acids is 3. The van der Waals surface area contributed by atoms with Crippen molar-refractivity contribution in [3.63, 3.8) is 0 Å². The number of aliphatic hydroxyl groups is 1. The fourth-order valence-corrected chi connectivity index (χ4v) is 6.80. The Morgan fingerprint density at radius 3 is 2.68 bits per heavy atom. The van der Waals surface area contributed by atoms with Gasteiger partial charge in [-0.3, -0.25) is 19.3 Å². The molecule has 4 heterocycles. The molecule has 2 unspecified atom stereocenters. The molecule has 0 saturated carbocycles. The lowest BCUT2D eigenvalue weighted by atomic mass is 9.70. The maximum absolute atomic E-state index is 14.4. The molecule has 0 aromatic rings. The molecule has 2 amide bonds. The second kappa shape index (κ2) is 11.8. The first kappa shape index (κ1) is 28.0. The zero-order chi connectivity index (χ0) is 26.7. The molecule has 208 valence electrons. The van der Waals surface area contributed by atoms with Crippen LogP contribution in [0.15, 0.2) is 12.7 Å². The number of nitrogens with zero attached hydrogens (tertiary/aromatic N) is 3. The van der Waals surface area contributed by atoms with Crippen LogP contribution >= 0.6 is 0 Å². The number of aliphatic hydroxyl groups excluding tert-OH is 1. The van der Waals surface area contributed by atoms with E-state index in [1.807, 2.05) is 13.8 Å². The number of hydrogen-bond donors (Lipinski definition) is 1. The van der Waals surface area contributed by atoms with Crippen LogP contribution in [0.25, 0.3) is 0 Å². The lowest BCUT2D eigenvalue weighted by Gasteiger charge is -2.40. The van der Waals surface area contributed by atoms with Crippen LogP contribution in [0.2, 0.25) is 0 Å². The van der Waals surface area contributed by atoms with Crippen molar-refractivity contribution in [3.8, 4) is 0 Å². The monoisotopic (exact) mass is 521 g/mol. The van der Waals surface area contributed by atoms with Crippen LogP contribution in [0.5, 0.6) is 0 Å². The third-order valence-electron chi connectivity index (χ3n) is 8.33. The average Bonchev–Trinajstić information content (AvgIpc) is 3.52. The maximum atomic E-state index is 14.4. The highest BCUT2D eigenvalue weighted by molar-refractivity contribution is 5.98. The fourth-order valence-electron chi connectivity index (χ4n) is 6.80. The van der Waals surface area contributed by atoms with Crippen LogP contribution in [0.1, 0.15) is 40.0 Å². The van der Waals surface area contributed by atoms with Crippen LogP contribution in [0.3, 0.4) is 0 Å². The van der Waals surface area contributed by atoms with Crippen LogP contribution in [-0.2, 0) is 28.6 Å². The lowest BCUT2D eigenvalue weighted by Crippen LogP contribution is -2.59. The van der Waals surface area contributed by atoms with Crippen molar-refractivity contribution in [1.29, 1.82) is 0 Å². The van der Waals surface area contributed by atoms with Gasteiger partial charge in [-0.25, -0.2) is 0 Å². The van der Waals surface area contributed by atoms with Crippen molar-refractivity contribution in [2.75, 3.05) is 59.2 Å². The van der Waals surface area contributed by atoms with Gasteiger partial charge in [-0.05, 0) is 32.1 Å². The molecular weight excluding hydrogens is 478 g/mol. The van der Waals surface area contributed by atoms with E-state index in [0.29, 0.717) is 52.1 Å². The number of ether oxygens (including phenoxy) is 3. The third kappa shape index (κ3) is 5.17. The lowest BCUT2D eigenvalue weighted by molar-refractivity contribution is -0.156. The molecule has 1 N–H and O–H groups in total. The van der Waals surface area contributed by atoms with E-state index in [1.165, 1.54) is 0 Å². The summed E-state index contributed by atoms with van der Waals surface area (Å²) in [5.74, 6) is -2.27. The van der Waals surface area contributed by atoms with Gasteiger partial charge in [0.2, 0.25) is 11.8 Å². The highest BCUT2D eigenvalue weighted by atomic mass is 16.6. The van der Waals surface area contributed by atoms with Crippen molar-refractivity contribution in [2.45, 2.75) is 63.8 Å². The van der Waals surface area contributed by atoms with Gasteiger partial charge >= 0.3 is 5.97 Å². The molecule has 4 rings (SSSR count). The molecule has 0 aromatic carbocycles. The summed E-state index contributed by atoms with van der Waals surface area (Å²) in [7, 11) is 0. The molecule has 0 aromatic heterocycles. The summed E-state index contributed by atoms with van der Waals surface area (Å²) in [6.07, 6.45) is 2.90. The van der Waals surface area contributed by atoms with Gasteiger partial charge < -0.3 is 29.1 Å². The highest BCUT2D eigenvalue weighted by Crippen LogP contribution is 2.59. The van der Waals surface area contributed by atoms with Crippen molar-refractivity contribution in [2.24, 2.45) is 17.8 Å². The molecule has 4 aliphatic heterocycles. The van der Waals surface area contributed by atoms with Crippen LogP contribution in [0, 0.1) is 17.8 Å². The number of carbonyl (C=O) groups is 3. The molecule has 4 aliphatic rings. The van der Waals surface area contributed by atoms with E-state index >= 15 is 0 Å². The van der Waals surface area contributed by atoms with E-state index in [9.17, 15) is 19.5 Å². The largest absolute Gasteiger partial charge is 0.466 e. The second-order valence-electron chi connectivity index (χ2n) is 11.0. The van der Waals surface area contributed by atoms with E-state index in [0.717, 1.165) is 13.1 Å². The number of likely N-dealkylation sites (tertiary alicyclic amines) is 1. The Hall–Kier alpha value is -2.01. The Labute approximate surface area is 219 Å². The first-order chi connectivity index (χ1) is 17.8. The number of rotatable bonds is 12. The molecule has 6 atom stereocenters. The Morgan fingerprint density at radius 2 is 2.05 bits per heavy atom. The van der Waals surface area contributed by atoms with E-state index in [1.54, 1.807) is 22.8 Å². The zero-order valence-corrected chi connectivity index (χ0v) is 22.5. The Morgan fingerprint density at radius 1 is 1.32 bits per heavy atom. The predicted octanol–water partition coefficient (Wildman–Crippen LogP) is 0.678. The smallest absolute Gasteiger partial charge is 0.312 e. The van der Waals surface area contributed by atoms with E-state index in [4.69, 9.17) is 14.2 Å². The summed E-state index contributed by atoms with van der Waals surface area (Å²) in [5.41, 5.74) is -1.10. The summed E-state index contributed by atoms with van der Waals surface area (Å²) in [5, 5.41) is 10.4. The minimum Gasteiger partial charge on any atom is -0.466 e. The average molecular weight is 522 g/mol. The van der Waals surface area contributed by atoms with Gasteiger partial charge in [0, 0.05) is 32.7 Å². The standard InChI is InChI=1S/C27H43N3O7/c1-5-9-29(11-10-28-12-14-35-15-13-28)25(33)23-27-8-7-20(37-27)21(26(34)36-6-2)22(27)24(32)30(23)19(17-31)16-18(3)4/h5,18-23,31H,1,6-17H2,2-4H3/t19-,20-,21+,22+,23?,27?/m1/s1. The van der Waals surface area contributed by atoms with Gasteiger partial charge in [-0.1, -0.05) is 19.9 Å². The van der Waals surface area contributed by atoms with E-state index in [2.05, 4.69) is 11.5 Å². The minimum absolute atomic E-state index is 0.197. The first-order valence-corrected chi connectivity index (χ1v) is 13.8. The third-order valence-corrected chi connectivity index (χ3v) is 8.33. The zero-order valence-electron chi connectivity index (χ0n) is 22.5. The molecule has 37 heavy (non-hydrogen) atoms. The molecular formula is C27H43N3O7. The van der Waals surface area contributed by atoms with Gasteiger partial charge in [0.1, 0.15) is 11.6 Å². The molecule has 2 bridgehead atoms. The van der Waals surface area contributed by atoms with Crippen molar-refractivity contribution in [3.05, 3.63) is 12.7 Å². The van der Waals surface area contributed by atoms with E-state index in [-0.39, 0.29) is 30.9 Å². The van der Waals surface area contributed by atoms with Crippen molar-refractivity contribution >= 4 is 17.8 Å². The molecule has 10 nitrogen and oxygen atoms in total. The minimum atomic E-state index is -1.10. The number of esters is 1. The van der Waals surface area contributed by atoms with Gasteiger partial charge in [0.05, 0.1) is 50.4 Å². The van der Waals surface area contributed by atoms with Gasteiger partial charge in [0.25, 0.3) is 0 Å². The summed E-state index contributed by atoms with van der Waals surface area (Å²) in [4.78, 5) is 47.0. The van der Waals surface area contributed by atoms with Crippen molar-refractivity contribution < 1.29 is 33.7 Å². The molecule has 1 spiro atoms. The van der Waals surface area contributed by atoms with Crippen LogP contribution in [-0.4, -0.2) is 121 Å². The maximum Gasteiger partial charge on any atom is 0.312 e. The predicted molar refractivity (Wildman–Crippen MR) is 135 cm³/mol. The SMILES string of the molecule is C=CCN(CCN1CCOCC1)C(=O)C1N([C@@H](CO)CC(C)C)C(=O)[C@@H]2[C@@H](C(=O)OCC)[C@H]3CCC12O3. The molecule has 4 saturated heterocycles. The number of hydrogen-bond acceptors (Lipinski definition) is 8. The Kier molecular flexibility index (Phi) is 8.93. The summed E-state index contributed by atoms with van der Waals surface area (Å²) < 4.78 is 17.3. The quantitative estimate of drug-likeness (QED) is 0.295. The Bertz CT molecular complexity index is 861. The Balaban J connectivity index is 1.68. The summed E-state index contributed by atoms with van der Waals surface area (Å²) in [6, 6.07) is -1.45. The highest BCUT2D eigenvalue weighted by Gasteiger charge is 2.75. The normalized spacial score (nSPS) is 32.0. The molecule has 0 radical (unpaired) electrons. The number of amides is 2. The molecule has 4 fully saturated rings. The van der Waals surface area contributed by atoms with E-state index < -0.39 is 41.6 Å². The van der Waals surface area contributed by atoms with Gasteiger partial charge in [-0.2, -0.15) is 0 Å². The van der Waals surface area contributed by atoms with Crippen molar-refractivity contribution in [1.82, 2.24) is 14.7 Å². The second-order valence-corrected chi connectivity index (χ2v) is 11.0. The van der Waals surface area contributed by atoms with Crippen LogP contribution < -0.4 is 0 Å². The first-order valence-electron chi connectivity index (χ1n) is 13.8. The summed E-state index contributed by atoms with van der Waals surface area (Å²) >= 11 is 0. The van der Waals surface area contributed by atoms with Crippen LogP contribution in [0.4, 0.5) is 0 Å². The molecule has 10 heteroatoms. The number of fused-ring (bicyclic) bond motifs is 1. The fraction of sp³-hybridized carbons (Fsp3) is 0.815. The van der Waals surface area contributed by atoms with Gasteiger partial charge in [-0.15, -0.1) is 6.58 Å². The summed E-state index contributed by atoms with van der Waals surface area (Å²) in [6.45, 7) is 14.0. The topological polar surface area (TPSA) is 109 Å². The number of morpholine rings is 1. The van der Waals surface area contributed by atoms with Gasteiger partial charge in [0.15, 0.2) is 0 Å².